The van der Waals surface area contributed by atoms with E-state index in [-0.39, 0.29) is 24.0 Å². The quantitative estimate of drug-likeness (QED) is 0.302. The maximum atomic E-state index is 5.59. The molecule has 0 aromatic carbocycles. The van der Waals surface area contributed by atoms with Crippen LogP contribution in [0, 0.1) is 11.8 Å². The monoisotopic (exact) mass is 411 g/mol. The molecule has 0 saturated carbocycles. The van der Waals surface area contributed by atoms with E-state index in [4.69, 9.17) is 9.73 Å². The fraction of sp³-hybridized carbons (Fsp3) is 0.938. The van der Waals surface area contributed by atoms with Gasteiger partial charge in [0.15, 0.2) is 5.96 Å². The third-order valence-corrected chi connectivity index (χ3v) is 3.58. The van der Waals surface area contributed by atoms with E-state index in [9.17, 15) is 0 Å². The Hall–Kier alpha value is -0.0400. The number of nitrogens with zero attached hydrogens (tertiary/aromatic N) is 2. The summed E-state index contributed by atoms with van der Waals surface area (Å²) in [5.74, 6) is 2.56. The van der Waals surface area contributed by atoms with Gasteiger partial charge < -0.3 is 15.0 Å². The molecule has 0 aromatic heterocycles. The lowest BCUT2D eigenvalue weighted by atomic mass is 10.00. The normalized spacial score (nSPS) is 17.0. The fourth-order valence-corrected chi connectivity index (χ4v) is 2.32. The number of likely N-dealkylation sites (tertiary alicyclic amines) is 1. The molecule has 0 amide bonds. The Balaban J connectivity index is 0.00000400. The molecule has 5 heteroatoms. The number of piperidine rings is 1. The number of aliphatic imine (C=N–C) groups is 1. The molecule has 4 nitrogen and oxygen atoms in total. The van der Waals surface area contributed by atoms with Crippen LogP contribution in [0.15, 0.2) is 4.99 Å². The number of hydrogen-bond acceptors (Lipinski definition) is 2. The number of nitrogens with one attached hydrogen (secondary N) is 1. The van der Waals surface area contributed by atoms with Crippen molar-refractivity contribution in [3.8, 4) is 0 Å². The van der Waals surface area contributed by atoms with Crippen LogP contribution in [-0.2, 0) is 4.74 Å². The molecular weight excluding hydrogens is 377 g/mol. The van der Waals surface area contributed by atoms with Crippen LogP contribution in [0.1, 0.15) is 47.0 Å². The van der Waals surface area contributed by atoms with Gasteiger partial charge >= 0.3 is 0 Å². The van der Waals surface area contributed by atoms with Gasteiger partial charge in [0.1, 0.15) is 0 Å². The van der Waals surface area contributed by atoms with Gasteiger partial charge in [0.05, 0.1) is 0 Å². The van der Waals surface area contributed by atoms with Crippen molar-refractivity contribution in [2.24, 2.45) is 16.8 Å². The van der Waals surface area contributed by atoms with Crippen molar-refractivity contribution in [2.45, 2.75) is 47.0 Å². The molecule has 1 aliphatic heterocycles. The zero-order valence-corrected chi connectivity index (χ0v) is 16.6. The lowest BCUT2D eigenvalue weighted by molar-refractivity contribution is 0.109. The van der Waals surface area contributed by atoms with E-state index < -0.39 is 0 Å². The topological polar surface area (TPSA) is 36.9 Å². The summed E-state index contributed by atoms with van der Waals surface area (Å²) in [5.41, 5.74) is 0. The Morgan fingerprint density at radius 1 is 1.33 bits per heavy atom. The van der Waals surface area contributed by atoms with Crippen molar-refractivity contribution in [1.82, 2.24) is 10.2 Å². The molecule has 21 heavy (non-hydrogen) atoms. The van der Waals surface area contributed by atoms with Crippen molar-refractivity contribution >= 4 is 29.9 Å². The molecule has 0 bridgehead atoms. The third-order valence-electron chi connectivity index (χ3n) is 3.58. The zero-order valence-electron chi connectivity index (χ0n) is 14.2. The molecular formula is C16H34IN3O. The van der Waals surface area contributed by atoms with Crippen molar-refractivity contribution in [1.29, 1.82) is 0 Å². The first-order valence-corrected chi connectivity index (χ1v) is 8.24. The van der Waals surface area contributed by atoms with Crippen LogP contribution < -0.4 is 5.32 Å². The average molecular weight is 411 g/mol. The van der Waals surface area contributed by atoms with Gasteiger partial charge in [0.2, 0.25) is 0 Å². The third kappa shape index (κ3) is 9.55. The molecule has 1 aliphatic rings. The molecule has 0 radical (unpaired) electrons. The highest BCUT2D eigenvalue weighted by Gasteiger charge is 2.18. The number of hydrogen-bond donors (Lipinski definition) is 1. The van der Waals surface area contributed by atoms with Crippen LogP contribution in [-0.4, -0.2) is 50.3 Å². The first-order valence-electron chi connectivity index (χ1n) is 8.24. The summed E-state index contributed by atoms with van der Waals surface area (Å²) in [6.45, 7) is 14.6. The number of rotatable bonds is 7. The second kappa shape index (κ2) is 12.5. The maximum absolute atomic E-state index is 5.59. The highest BCUT2D eigenvalue weighted by atomic mass is 127. The van der Waals surface area contributed by atoms with Crippen LogP contribution in [0.2, 0.25) is 0 Å². The minimum absolute atomic E-state index is 0. The smallest absolute Gasteiger partial charge is 0.193 e. The van der Waals surface area contributed by atoms with Gasteiger partial charge in [-0.2, -0.15) is 0 Å². The number of halogens is 1. The van der Waals surface area contributed by atoms with Crippen molar-refractivity contribution in [3.05, 3.63) is 0 Å². The fourth-order valence-electron chi connectivity index (χ4n) is 2.32. The Kier molecular flexibility index (Phi) is 12.5. The Morgan fingerprint density at radius 2 is 2.00 bits per heavy atom. The summed E-state index contributed by atoms with van der Waals surface area (Å²) in [5, 5.41) is 3.41. The molecule has 1 heterocycles. The molecule has 0 aromatic rings. The first-order chi connectivity index (χ1) is 9.63. The van der Waals surface area contributed by atoms with E-state index >= 15 is 0 Å². The van der Waals surface area contributed by atoms with Gasteiger partial charge in [0, 0.05) is 39.4 Å². The van der Waals surface area contributed by atoms with E-state index in [0.29, 0.717) is 5.92 Å². The molecule has 1 fully saturated rings. The van der Waals surface area contributed by atoms with Gasteiger partial charge in [-0.3, -0.25) is 4.99 Å². The highest BCUT2D eigenvalue weighted by molar-refractivity contribution is 14.0. The summed E-state index contributed by atoms with van der Waals surface area (Å²) in [6.07, 6.45) is 3.57. The molecule has 1 N–H and O–H groups in total. The molecule has 1 saturated heterocycles. The Morgan fingerprint density at radius 3 is 2.57 bits per heavy atom. The summed E-state index contributed by atoms with van der Waals surface area (Å²) in [6, 6.07) is 0. The predicted octanol–water partition coefficient (Wildman–Crippen LogP) is 3.36. The van der Waals surface area contributed by atoms with Crippen LogP contribution in [0.25, 0.3) is 0 Å². The maximum Gasteiger partial charge on any atom is 0.193 e. The molecule has 0 unspecified atom stereocenters. The Labute approximate surface area is 148 Å². The predicted molar refractivity (Wildman–Crippen MR) is 102 cm³/mol. The summed E-state index contributed by atoms with van der Waals surface area (Å²) in [7, 11) is 0. The molecule has 1 rings (SSSR count). The second-order valence-corrected chi connectivity index (χ2v) is 6.23. The second-order valence-electron chi connectivity index (χ2n) is 6.23. The van der Waals surface area contributed by atoms with Crippen LogP contribution in [0.3, 0.4) is 0 Å². The van der Waals surface area contributed by atoms with Gasteiger partial charge in [-0.15, -0.1) is 24.0 Å². The van der Waals surface area contributed by atoms with Crippen molar-refractivity contribution in [3.63, 3.8) is 0 Å². The van der Waals surface area contributed by atoms with Crippen molar-refractivity contribution < 1.29 is 4.74 Å². The standard InChI is InChI=1S/C16H33N3O.HI/c1-5-17-16(19-10-7-15(4)8-11-19)18-9-6-12-20-13-14(2)3;/h14-15H,5-13H2,1-4H3,(H,17,18);1H. The van der Waals surface area contributed by atoms with Gasteiger partial charge in [0.25, 0.3) is 0 Å². The van der Waals surface area contributed by atoms with E-state index in [1.54, 1.807) is 0 Å². The molecule has 126 valence electrons. The lowest BCUT2D eigenvalue weighted by Crippen LogP contribution is -2.45. The van der Waals surface area contributed by atoms with Gasteiger partial charge in [-0.1, -0.05) is 20.8 Å². The largest absolute Gasteiger partial charge is 0.381 e. The first kappa shape index (κ1) is 21.0. The van der Waals surface area contributed by atoms with Crippen LogP contribution in [0.4, 0.5) is 0 Å². The van der Waals surface area contributed by atoms with E-state index in [0.717, 1.165) is 57.7 Å². The summed E-state index contributed by atoms with van der Waals surface area (Å²) in [4.78, 5) is 7.13. The summed E-state index contributed by atoms with van der Waals surface area (Å²) < 4.78 is 5.59. The van der Waals surface area contributed by atoms with E-state index in [1.807, 2.05) is 0 Å². The van der Waals surface area contributed by atoms with Crippen LogP contribution in [0.5, 0.6) is 0 Å². The average Bonchev–Trinajstić information content (AvgIpc) is 2.42. The van der Waals surface area contributed by atoms with Crippen molar-refractivity contribution in [2.75, 3.05) is 39.4 Å². The van der Waals surface area contributed by atoms with E-state index in [1.165, 1.54) is 12.8 Å². The highest BCUT2D eigenvalue weighted by Crippen LogP contribution is 2.15. The SMILES string of the molecule is CCNC(=NCCCOCC(C)C)N1CCC(C)CC1.I. The minimum Gasteiger partial charge on any atom is -0.381 e. The van der Waals surface area contributed by atoms with Crippen LogP contribution >= 0.6 is 24.0 Å². The molecule has 0 atom stereocenters. The zero-order chi connectivity index (χ0) is 14.8. The van der Waals surface area contributed by atoms with Gasteiger partial charge in [-0.05, 0) is 38.0 Å². The van der Waals surface area contributed by atoms with E-state index in [2.05, 4.69) is 37.9 Å². The van der Waals surface area contributed by atoms with Gasteiger partial charge in [-0.25, -0.2) is 0 Å². The minimum atomic E-state index is 0. The lowest BCUT2D eigenvalue weighted by Gasteiger charge is -2.33. The molecule has 0 spiro atoms. The molecule has 0 aliphatic carbocycles. The Bertz CT molecular complexity index is 277. The summed E-state index contributed by atoms with van der Waals surface area (Å²) >= 11 is 0. The number of ether oxygens (including phenoxy) is 1. The number of guanidine groups is 1.